The topological polar surface area (TPSA) is 63.7 Å². The minimum absolute atomic E-state index is 0.0255. The lowest BCUT2D eigenvalue weighted by Gasteiger charge is -2.44. The molecule has 0 spiro atoms. The van der Waals surface area contributed by atoms with E-state index >= 15 is 0 Å². The quantitative estimate of drug-likeness (QED) is 0.725. The van der Waals surface area contributed by atoms with Gasteiger partial charge in [0.25, 0.3) is 0 Å². The van der Waals surface area contributed by atoms with Gasteiger partial charge in [-0.1, -0.05) is 19.1 Å². The first-order chi connectivity index (χ1) is 14.2. The van der Waals surface area contributed by atoms with Crippen LogP contribution in [0.2, 0.25) is 0 Å². The maximum absolute atomic E-state index is 13.2. The number of nitrogens with zero attached hydrogens (tertiary/aromatic N) is 2. The van der Waals surface area contributed by atoms with Crippen LogP contribution in [-0.4, -0.2) is 48.7 Å². The second-order valence-corrected chi connectivity index (χ2v) is 7.88. The number of nitrogens with one attached hydrogen (secondary N) is 1. The lowest BCUT2D eigenvalue weighted by Crippen LogP contribution is -2.52. The minimum Gasteiger partial charge on any atom is -0.481 e. The number of methoxy groups -OCH3 is 1. The summed E-state index contributed by atoms with van der Waals surface area (Å²) in [7, 11) is 1.58. The zero-order valence-electron chi connectivity index (χ0n) is 17.1. The molecule has 3 fully saturated rings. The zero-order valence-corrected chi connectivity index (χ0v) is 17.1. The summed E-state index contributed by atoms with van der Waals surface area (Å²) in [5, 5.41) is 3.37. The van der Waals surface area contributed by atoms with Crippen molar-refractivity contribution in [3.05, 3.63) is 53.7 Å². The number of carbonyl (C=O) groups excluding carboxylic acids is 1. The molecule has 0 amide bonds. The maximum atomic E-state index is 13.2. The highest BCUT2D eigenvalue weighted by Crippen LogP contribution is 2.31. The van der Waals surface area contributed by atoms with Crippen molar-refractivity contribution >= 4 is 11.7 Å². The minimum atomic E-state index is -0.615. The van der Waals surface area contributed by atoms with Crippen LogP contribution in [0.15, 0.2) is 42.6 Å². The van der Waals surface area contributed by atoms with Crippen molar-refractivity contribution < 1.29 is 14.3 Å². The second kappa shape index (κ2) is 8.82. The van der Waals surface area contributed by atoms with Crippen LogP contribution in [-0.2, 0) is 16.0 Å². The number of aryl methyl sites for hydroxylation is 1. The van der Waals surface area contributed by atoms with E-state index in [9.17, 15) is 4.79 Å². The van der Waals surface area contributed by atoms with Crippen molar-refractivity contribution in [1.29, 1.82) is 0 Å². The van der Waals surface area contributed by atoms with Crippen molar-refractivity contribution in [3.63, 3.8) is 0 Å². The van der Waals surface area contributed by atoms with E-state index in [4.69, 9.17) is 9.47 Å². The summed E-state index contributed by atoms with van der Waals surface area (Å²) in [6, 6.07) is 11.2. The molecule has 4 heterocycles. The molecule has 1 aromatic heterocycles. The van der Waals surface area contributed by atoms with Crippen molar-refractivity contribution in [3.8, 4) is 5.88 Å². The van der Waals surface area contributed by atoms with Crippen LogP contribution in [0.1, 0.15) is 36.9 Å². The van der Waals surface area contributed by atoms with E-state index in [-0.39, 0.29) is 12.1 Å². The molecule has 0 aliphatic carbocycles. The molecule has 154 valence electrons. The number of aromatic nitrogens is 1. The van der Waals surface area contributed by atoms with Crippen molar-refractivity contribution in [2.45, 2.75) is 38.3 Å². The van der Waals surface area contributed by atoms with E-state index in [1.54, 1.807) is 19.4 Å². The van der Waals surface area contributed by atoms with Gasteiger partial charge in [0.2, 0.25) is 5.88 Å². The van der Waals surface area contributed by atoms with Crippen LogP contribution in [0.4, 0.5) is 5.69 Å². The first kappa shape index (κ1) is 19.7. The van der Waals surface area contributed by atoms with Gasteiger partial charge in [0.1, 0.15) is 6.10 Å². The molecule has 3 aliphatic rings. The highest BCUT2D eigenvalue weighted by molar-refractivity contribution is 5.81. The Kier molecular flexibility index (Phi) is 6.00. The molecule has 1 N–H and O–H groups in total. The molecule has 0 saturated carbocycles. The van der Waals surface area contributed by atoms with Crippen molar-refractivity contribution in [1.82, 2.24) is 9.88 Å². The lowest BCUT2D eigenvalue weighted by atomic mass is 9.86. The predicted octanol–water partition coefficient (Wildman–Crippen LogP) is 3.44. The maximum Gasteiger partial charge on any atom is 0.333 e. The number of hydrogen-bond acceptors (Lipinski definition) is 6. The molecule has 6 heteroatoms. The van der Waals surface area contributed by atoms with E-state index in [1.165, 1.54) is 5.56 Å². The number of carbonyl (C=O) groups is 1. The van der Waals surface area contributed by atoms with Crippen LogP contribution in [0.5, 0.6) is 5.88 Å². The Morgan fingerprint density at radius 2 is 2.10 bits per heavy atom. The normalized spacial score (nSPS) is 24.0. The molecule has 29 heavy (non-hydrogen) atoms. The molecule has 1 aromatic carbocycles. The lowest BCUT2D eigenvalue weighted by molar-refractivity contribution is -0.159. The molecule has 3 aliphatic heterocycles. The number of hydrogen-bond donors (Lipinski definition) is 1. The summed E-state index contributed by atoms with van der Waals surface area (Å²) in [6.45, 7) is 5.19. The monoisotopic (exact) mass is 395 g/mol. The number of pyridine rings is 1. The third-order valence-corrected chi connectivity index (χ3v) is 6.05. The van der Waals surface area contributed by atoms with Crippen LogP contribution in [0.3, 0.4) is 0 Å². The fourth-order valence-electron chi connectivity index (χ4n) is 4.27. The third-order valence-electron chi connectivity index (χ3n) is 6.05. The van der Waals surface area contributed by atoms with Crippen molar-refractivity contribution in [2.75, 3.05) is 32.1 Å². The van der Waals surface area contributed by atoms with E-state index in [0.717, 1.165) is 50.1 Å². The summed E-state index contributed by atoms with van der Waals surface area (Å²) in [4.78, 5) is 19.9. The predicted molar refractivity (Wildman–Crippen MR) is 112 cm³/mol. The Morgan fingerprint density at radius 3 is 2.72 bits per heavy atom. The number of ether oxygens (including phenoxy) is 2. The second-order valence-electron chi connectivity index (χ2n) is 7.88. The van der Waals surface area contributed by atoms with Crippen LogP contribution in [0.25, 0.3) is 0 Å². The summed E-state index contributed by atoms with van der Waals surface area (Å²) >= 11 is 0. The zero-order chi connectivity index (χ0) is 20.2. The molecule has 2 bridgehead atoms. The van der Waals surface area contributed by atoms with Gasteiger partial charge in [-0.25, -0.2) is 9.78 Å². The van der Waals surface area contributed by atoms with Crippen LogP contribution in [0, 0.1) is 5.92 Å². The SMILES string of the molecule is CCc1cccc(NC(C(=O)OC2CN3CCC2CC3)c2ccc(OC)nc2)c1. The number of anilines is 1. The van der Waals surface area contributed by atoms with Gasteiger partial charge in [-0.15, -0.1) is 0 Å². The van der Waals surface area contributed by atoms with Crippen molar-refractivity contribution in [2.24, 2.45) is 5.92 Å². The number of piperidine rings is 3. The Hall–Kier alpha value is -2.60. The van der Waals surface area contributed by atoms with Gasteiger partial charge in [0.05, 0.1) is 7.11 Å². The average molecular weight is 396 g/mol. The van der Waals surface area contributed by atoms with Crippen LogP contribution >= 0.6 is 0 Å². The van der Waals surface area contributed by atoms with Gasteiger partial charge in [-0.05, 0) is 62.0 Å². The fourth-order valence-corrected chi connectivity index (χ4v) is 4.27. The molecule has 2 atom stereocenters. The molecular formula is C23H29N3O3. The summed E-state index contributed by atoms with van der Waals surface area (Å²) in [5.41, 5.74) is 2.88. The van der Waals surface area contributed by atoms with Gasteiger partial charge in [0, 0.05) is 30.1 Å². The molecule has 6 nitrogen and oxygen atoms in total. The first-order valence-corrected chi connectivity index (χ1v) is 10.4. The first-order valence-electron chi connectivity index (χ1n) is 10.4. The molecular weight excluding hydrogens is 366 g/mol. The molecule has 3 saturated heterocycles. The molecule has 5 rings (SSSR count). The van der Waals surface area contributed by atoms with Gasteiger partial charge in [0.15, 0.2) is 6.04 Å². The Balaban J connectivity index is 1.55. The number of fused-ring (bicyclic) bond motifs is 3. The largest absolute Gasteiger partial charge is 0.481 e. The third kappa shape index (κ3) is 4.53. The number of rotatable bonds is 7. The molecule has 2 unspecified atom stereocenters. The summed E-state index contributed by atoms with van der Waals surface area (Å²) in [5.74, 6) is 0.742. The average Bonchev–Trinajstić information content (AvgIpc) is 2.78. The standard InChI is InChI=1S/C23H29N3O3/c1-3-16-5-4-6-19(13-16)25-22(18-7-8-21(28-2)24-14-18)23(27)29-20-15-26-11-9-17(20)10-12-26/h4-8,13-14,17,20,22,25H,3,9-12,15H2,1-2H3. The molecule has 0 radical (unpaired) electrons. The number of benzene rings is 1. The van der Waals surface area contributed by atoms with E-state index in [2.05, 4.69) is 34.3 Å². The fraction of sp³-hybridized carbons (Fsp3) is 0.478. The Bertz CT molecular complexity index is 832. The summed E-state index contributed by atoms with van der Waals surface area (Å²) in [6.07, 6.45) is 4.81. The van der Waals surface area contributed by atoms with Gasteiger partial charge in [-0.3, -0.25) is 4.90 Å². The number of esters is 1. The Morgan fingerprint density at radius 1 is 1.28 bits per heavy atom. The highest BCUT2D eigenvalue weighted by Gasteiger charge is 2.38. The van der Waals surface area contributed by atoms with Gasteiger partial charge >= 0.3 is 5.97 Å². The van der Waals surface area contributed by atoms with E-state index in [0.29, 0.717) is 11.8 Å². The van der Waals surface area contributed by atoms with Crippen LogP contribution < -0.4 is 10.1 Å². The summed E-state index contributed by atoms with van der Waals surface area (Å²) < 4.78 is 11.2. The van der Waals surface area contributed by atoms with E-state index in [1.807, 2.05) is 18.2 Å². The highest BCUT2D eigenvalue weighted by atomic mass is 16.5. The van der Waals surface area contributed by atoms with Gasteiger partial charge < -0.3 is 14.8 Å². The Labute approximate surface area is 172 Å². The molecule has 2 aromatic rings. The smallest absolute Gasteiger partial charge is 0.333 e. The van der Waals surface area contributed by atoms with Gasteiger partial charge in [-0.2, -0.15) is 0 Å². The van der Waals surface area contributed by atoms with E-state index < -0.39 is 6.04 Å².